The van der Waals surface area contributed by atoms with Gasteiger partial charge >= 0.3 is 5.97 Å². The minimum absolute atomic E-state index is 0.0253. The summed E-state index contributed by atoms with van der Waals surface area (Å²) in [5.74, 6) is -0.0364. The number of carbonyl (C=O) groups is 2. The number of nitrogens with one attached hydrogen (secondary N) is 1. The third-order valence-corrected chi connectivity index (χ3v) is 18.0. The minimum atomic E-state index is -0.840. The molecule has 0 saturated carbocycles. The molecule has 6 heteroatoms. The summed E-state index contributed by atoms with van der Waals surface area (Å²) in [5.41, 5.74) is 0. The maximum atomic E-state index is 12.5. The van der Waals surface area contributed by atoms with E-state index in [-0.39, 0.29) is 18.5 Å². The number of aliphatic hydroxyl groups excluding tert-OH is 2. The van der Waals surface area contributed by atoms with Crippen molar-refractivity contribution >= 4 is 11.9 Å². The molecular formula is C77H149NO5. The fraction of sp³-hybridized carbons (Fsp3) is 0.922. The molecule has 1 amide bonds. The van der Waals surface area contributed by atoms with Gasteiger partial charge in [0.1, 0.15) is 0 Å². The zero-order valence-electron chi connectivity index (χ0n) is 56.5. The first-order valence-electron chi connectivity index (χ1n) is 38.1. The highest BCUT2D eigenvalue weighted by molar-refractivity contribution is 5.76. The lowest BCUT2D eigenvalue weighted by molar-refractivity contribution is -0.143. The molecule has 3 N–H and O–H groups in total. The predicted molar refractivity (Wildman–Crippen MR) is 366 cm³/mol. The third kappa shape index (κ3) is 69.3. The zero-order chi connectivity index (χ0) is 59.9. The highest BCUT2D eigenvalue weighted by atomic mass is 16.5. The number of ether oxygens (including phenoxy) is 1. The van der Waals surface area contributed by atoms with Crippen molar-refractivity contribution in [3.63, 3.8) is 0 Å². The van der Waals surface area contributed by atoms with Gasteiger partial charge in [-0.25, -0.2) is 0 Å². The smallest absolute Gasteiger partial charge is 0.305 e. The summed E-state index contributed by atoms with van der Waals surface area (Å²) in [7, 11) is 0. The van der Waals surface area contributed by atoms with Gasteiger partial charge in [0.25, 0.3) is 0 Å². The van der Waals surface area contributed by atoms with Gasteiger partial charge in [0.15, 0.2) is 0 Å². The number of allylic oxidation sites excluding steroid dienone is 3. The van der Waals surface area contributed by atoms with Gasteiger partial charge in [-0.15, -0.1) is 0 Å². The second-order valence-corrected chi connectivity index (χ2v) is 26.3. The molecule has 492 valence electrons. The highest BCUT2D eigenvalue weighted by Gasteiger charge is 2.18. The molecule has 0 aromatic carbocycles. The Morgan fingerprint density at radius 1 is 0.325 bits per heavy atom. The van der Waals surface area contributed by atoms with E-state index in [9.17, 15) is 19.8 Å². The summed E-state index contributed by atoms with van der Waals surface area (Å²) in [6, 6.07) is -0.623. The van der Waals surface area contributed by atoms with E-state index in [1.807, 2.05) is 6.08 Å². The van der Waals surface area contributed by atoms with E-state index in [4.69, 9.17) is 4.74 Å². The van der Waals surface area contributed by atoms with E-state index in [1.165, 1.54) is 366 Å². The van der Waals surface area contributed by atoms with Gasteiger partial charge in [-0.2, -0.15) is 0 Å². The number of rotatable bonds is 72. The third-order valence-electron chi connectivity index (χ3n) is 18.0. The molecule has 0 aliphatic heterocycles. The monoisotopic (exact) mass is 1170 g/mol. The molecule has 0 radical (unpaired) electrons. The summed E-state index contributed by atoms with van der Waals surface area (Å²) in [4.78, 5) is 24.5. The molecule has 0 heterocycles. The van der Waals surface area contributed by atoms with Crippen molar-refractivity contribution in [1.29, 1.82) is 0 Å². The molecule has 2 atom stereocenters. The Morgan fingerprint density at radius 3 is 0.855 bits per heavy atom. The number of hydrogen-bond donors (Lipinski definition) is 3. The minimum Gasteiger partial charge on any atom is -0.466 e. The molecule has 0 bridgehead atoms. The zero-order valence-corrected chi connectivity index (χ0v) is 56.5. The quantitative estimate of drug-likeness (QED) is 0.0320. The highest BCUT2D eigenvalue weighted by Crippen LogP contribution is 2.19. The SMILES string of the molecule is CCCCCCCCCCCCC/C=C/C(O)C(CO)NC(=O)CCCCCCCCCCCCCCCCCCC/C=C\CCCCCCCCCCCCCCCCCCCCOC(=O)CCCCCCCCCCCCCCCC. The normalized spacial score (nSPS) is 12.6. The number of amides is 1. The maximum absolute atomic E-state index is 12.5. The van der Waals surface area contributed by atoms with Gasteiger partial charge in [-0.1, -0.05) is 385 Å². The van der Waals surface area contributed by atoms with Crippen LogP contribution in [0.2, 0.25) is 0 Å². The Labute approximate surface area is 520 Å². The van der Waals surface area contributed by atoms with Crippen LogP contribution in [0.3, 0.4) is 0 Å². The van der Waals surface area contributed by atoms with Crippen LogP contribution in [0.1, 0.15) is 431 Å². The first-order chi connectivity index (χ1) is 41.0. The molecular weight excluding hydrogens is 1020 g/mol. The van der Waals surface area contributed by atoms with Crippen LogP contribution in [0.15, 0.2) is 24.3 Å². The summed E-state index contributed by atoms with van der Waals surface area (Å²) in [6.45, 7) is 4.94. The summed E-state index contributed by atoms with van der Waals surface area (Å²) < 4.78 is 5.50. The van der Waals surface area contributed by atoms with Crippen molar-refractivity contribution in [1.82, 2.24) is 5.32 Å². The second kappa shape index (κ2) is 72.8. The molecule has 0 spiro atoms. The Morgan fingerprint density at radius 2 is 0.566 bits per heavy atom. The number of hydrogen-bond acceptors (Lipinski definition) is 5. The maximum Gasteiger partial charge on any atom is 0.305 e. The Kier molecular flexibility index (Phi) is 71.4. The fourth-order valence-corrected chi connectivity index (χ4v) is 12.2. The van der Waals surface area contributed by atoms with E-state index >= 15 is 0 Å². The van der Waals surface area contributed by atoms with Gasteiger partial charge in [0.2, 0.25) is 5.91 Å². The lowest BCUT2D eigenvalue weighted by Gasteiger charge is -2.20. The molecule has 0 fully saturated rings. The summed E-state index contributed by atoms with van der Waals surface area (Å²) in [5, 5.41) is 23.1. The second-order valence-electron chi connectivity index (χ2n) is 26.3. The number of esters is 1. The lowest BCUT2D eigenvalue weighted by atomic mass is 10.0. The topological polar surface area (TPSA) is 95.9 Å². The molecule has 83 heavy (non-hydrogen) atoms. The van der Waals surface area contributed by atoms with Crippen molar-refractivity contribution in [2.75, 3.05) is 13.2 Å². The molecule has 0 aliphatic rings. The fourth-order valence-electron chi connectivity index (χ4n) is 12.2. The first kappa shape index (κ1) is 81.3. The molecule has 2 unspecified atom stereocenters. The molecule has 0 rings (SSSR count). The Balaban J connectivity index is 3.31. The van der Waals surface area contributed by atoms with Crippen LogP contribution in [0, 0.1) is 0 Å². The van der Waals surface area contributed by atoms with E-state index in [1.54, 1.807) is 6.08 Å². The van der Waals surface area contributed by atoms with Crippen LogP contribution in [-0.2, 0) is 14.3 Å². The van der Waals surface area contributed by atoms with Crippen molar-refractivity contribution in [2.24, 2.45) is 0 Å². The average molecular weight is 1170 g/mol. The predicted octanol–water partition coefficient (Wildman–Crippen LogP) is 24.9. The van der Waals surface area contributed by atoms with Gasteiger partial charge in [0, 0.05) is 12.8 Å². The lowest BCUT2D eigenvalue weighted by Crippen LogP contribution is -2.45. The molecule has 6 nitrogen and oxygen atoms in total. The van der Waals surface area contributed by atoms with Gasteiger partial charge in [-0.3, -0.25) is 9.59 Å². The molecule has 0 aliphatic carbocycles. The molecule has 0 aromatic rings. The Hall–Kier alpha value is -1.66. The van der Waals surface area contributed by atoms with Crippen LogP contribution >= 0.6 is 0 Å². The van der Waals surface area contributed by atoms with Crippen molar-refractivity contribution in [2.45, 2.75) is 443 Å². The summed E-state index contributed by atoms with van der Waals surface area (Å²) in [6.07, 6.45) is 93.0. The summed E-state index contributed by atoms with van der Waals surface area (Å²) >= 11 is 0. The number of unbranched alkanes of at least 4 members (excludes halogenated alkanes) is 59. The van der Waals surface area contributed by atoms with E-state index in [0.717, 1.165) is 38.5 Å². The first-order valence-corrected chi connectivity index (χ1v) is 38.1. The largest absolute Gasteiger partial charge is 0.466 e. The van der Waals surface area contributed by atoms with Crippen LogP contribution in [0.4, 0.5) is 0 Å². The molecule has 0 saturated heterocycles. The van der Waals surface area contributed by atoms with Crippen LogP contribution in [0.25, 0.3) is 0 Å². The van der Waals surface area contributed by atoms with Crippen LogP contribution in [-0.4, -0.2) is 47.4 Å². The van der Waals surface area contributed by atoms with E-state index in [2.05, 4.69) is 31.3 Å². The number of aliphatic hydroxyl groups is 2. The van der Waals surface area contributed by atoms with E-state index in [0.29, 0.717) is 19.4 Å². The Bertz CT molecular complexity index is 1300. The number of carbonyl (C=O) groups excluding carboxylic acids is 2. The van der Waals surface area contributed by atoms with E-state index < -0.39 is 12.1 Å². The van der Waals surface area contributed by atoms with Crippen molar-refractivity contribution < 1.29 is 24.5 Å². The van der Waals surface area contributed by atoms with Gasteiger partial charge < -0.3 is 20.3 Å². The van der Waals surface area contributed by atoms with Crippen LogP contribution < -0.4 is 5.32 Å². The van der Waals surface area contributed by atoms with Crippen molar-refractivity contribution in [3.8, 4) is 0 Å². The van der Waals surface area contributed by atoms with Gasteiger partial charge in [-0.05, 0) is 57.8 Å². The van der Waals surface area contributed by atoms with Crippen molar-refractivity contribution in [3.05, 3.63) is 24.3 Å². The van der Waals surface area contributed by atoms with Crippen LogP contribution in [0.5, 0.6) is 0 Å². The van der Waals surface area contributed by atoms with Gasteiger partial charge in [0.05, 0.1) is 25.4 Å². The average Bonchev–Trinajstić information content (AvgIpc) is 3.49. The molecule has 0 aromatic heterocycles. The standard InChI is InChI=1S/C77H149NO5/c1-3-5-7-9-11-13-15-17-47-51-55-59-63-67-71-77(82)83-72-68-64-60-56-52-48-44-42-40-38-36-34-32-30-28-26-24-22-20-18-19-21-23-25-27-29-31-33-35-37-39-41-43-46-50-54-58-62-66-70-76(81)78-74(73-79)75(80)69-65-61-57-53-49-45-16-14-12-10-8-6-4-2/h18-19,65,69,74-75,79-80H,3-17,20-64,66-68,70-73H2,1-2H3,(H,78,81)/b19-18-,69-65+.